The molecule has 0 bridgehead atoms. The molecule has 0 fully saturated rings. The summed E-state index contributed by atoms with van der Waals surface area (Å²) in [5.41, 5.74) is 0. The summed E-state index contributed by atoms with van der Waals surface area (Å²) in [6.07, 6.45) is 3.73. The van der Waals surface area contributed by atoms with Crippen LogP contribution in [0.15, 0.2) is 12.1 Å². The second-order valence-electron chi connectivity index (χ2n) is 3.71. The summed E-state index contributed by atoms with van der Waals surface area (Å²) in [6.45, 7) is 7.70. The molecule has 0 amide bonds. The minimum absolute atomic E-state index is 0.697. The first-order valence-corrected chi connectivity index (χ1v) is 6.36. The van der Waals surface area contributed by atoms with E-state index in [2.05, 4.69) is 38.2 Å². The summed E-state index contributed by atoms with van der Waals surface area (Å²) in [5.74, 6) is 0. The van der Waals surface area contributed by atoms with Gasteiger partial charge in [0.2, 0.25) is 0 Å². The van der Waals surface area contributed by atoms with E-state index in [1.165, 1.54) is 29.0 Å². The third kappa shape index (κ3) is 3.81. The molecule has 1 unspecified atom stereocenters. The summed E-state index contributed by atoms with van der Waals surface area (Å²) in [7, 11) is 0. The van der Waals surface area contributed by atoms with Gasteiger partial charge in [0.25, 0.3) is 0 Å². The van der Waals surface area contributed by atoms with Gasteiger partial charge in [0, 0.05) is 15.8 Å². The van der Waals surface area contributed by atoms with Gasteiger partial charge in [0.15, 0.2) is 0 Å². The smallest absolute Gasteiger partial charge is 0.00677 e. The van der Waals surface area contributed by atoms with Crippen molar-refractivity contribution in [3.63, 3.8) is 0 Å². The number of nitrogens with one attached hydrogen (secondary N) is 1. The van der Waals surface area contributed by atoms with Crippen molar-refractivity contribution in [2.24, 2.45) is 0 Å². The van der Waals surface area contributed by atoms with E-state index >= 15 is 0 Å². The van der Waals surface area contributed by atoms with E-state index in [0.717, 1.165) is 6.54 Å². The van der Waals surface area contributed by atoms with Crippen LogP contribution in [0.3, 0.4) is 0 Å². The monoisotopic (exact) mass is 211 g/mol. The molecule has 1 atom stereocenters. The highest BCUT2D eigenvalue weighted by Crippen LogP contribution is 2.17. The van der Waals surface area contributed by atoms with Gasteiger partial charge < -0.3 is 5.32 Å². The van der Waals surface area contributed by atoms with E-state index in [0.29, 0.717) is 6.04 Å². The largest absolute Gasteiger partial charge is 0.314 e. The molecule has 1 rings (SSSR count). The van der Waals surface area contributed by atoms with Gasteiger partial charge in [-0.1, -0.05) is 13.8 Å². The van der Waals surface area contributed by atoms with Gasteiger partial charge in [-0.25, -0.2) is 0 Å². The quantitative estimate of drug-likeness (QED) is 0.760. The van der Waals surface area contributed by atoms with E-state index in [1.54, 1.807) is 0 Å². The molecular formula is C12H21NS. The second-order valence-corrected chi connectivity index (χ2v) is 5.09. The van der Waals surface area contributed by atoms with Gasteiger partial charge in [0.1, 0.15) is 0 Å². The third-order valence-corrected chi connectivity index (χ3v) is 3.58. The fourth-order valence-corrected chi connectivity index (χ4v) is 2.58. The van der Waals surface area contributed by atoms with Crippen LogP contribution in [0, 0.1) is 6.92 Å². The van der Waals surface area contributed by atoms with Crippen LogP contribution in [0.1, 0.15) is 36.4 Å². The predicted molar refractivity (Wildman–Crippen MR) is 65.1 cm³/mol. The Morgan fingerprint density at radius 1 is 1.36 bits per heavy atom. The molecule has 1 aromatic heterocycles. The molecule has 0 saturated heterocycles. The van der Waals surface area contributed by atoms with Crippen molar-refractivity contribution in [2.75, 3.05) is 6.54 Å². The maximum absolute atomic E-state index is 3.51. The van der Waals surface area contributed by atoms with Crippen molar-refractivity contribution in [1.29, 1.82) is 0 Å². The number of hydrogen-bond donors (Lipinski definition) is 1. The number of thiophene rings is 1. The molecule has 0 spiro atoms. The first-order chi connectivity index (χ1) is 6.76. The van der Waals surface area contributed by atoms with Crippen LogP contribution in [0.5, 0.6) is 0 Å². The highest BCUT2D eigenvalue weighted by molar-refractivity contribution is 7.11. The fourth-order valence-electron chi connectivity index (χ4n) is 1.68. The van der Waals surface area contributed by atoms with Crippen molar-refractivity contribution in [1.82, 2.24) is 5.32 Å². The van der Waals surface area contributed by atoms with Gasteiger partial charge in [-0.05, 0) is 44.9 Å². The molecule has 0 aliphatic heterocycles. The maximum atomic E-state index is 3.51. The van der Waals surface area contributed by atoms with Crippen LogP contribution in [-0.2, 0) is 6.42 Å². The maximum Gasteiger partial charge on any atom is 0.00677 e. The first-order valence-electron chi connectivity index (χ1n) is 5.55. The molecule has 1 heterocycles. The van der Waals surface area contributed by atoms with Gasteiger partial charge in [-0.15, -0.1) is 11.3 Å². The summed E-state index contributed by atoms with van der Waals surface area (Å²) in [5, 5.41) is 3.51. The van der Waals surface area contributed by atoms with Crippen molar-refractivity contribution in [3.05, 3.63) is 21.9 Å². The Labute approximate surface area is 91.5 Å². The Morgan fingerprint density at radius 3 is 2.64 bits per heavy atom. The zero-order valence-electron chi connectivity index (χ0n) is 9.47. The highest BCUT2D eigenvalue weighted by Gasteiger charge is 2.05. The van der Waals surface area contributed by atoms with E-state index in [1.807, 2.05) is 11.3 Å². The van der Waals surface area contributed by atoms with Crippen LogP contribution >= 0.6 is 11.3 Å². The standard InChI is InChI=1S/C12H21NS/c1-4-11(13-5-2)7-9-12-8-6-10(3)14-12/h6,8,11,13H,4-5,7,9H2,1-3H3. The molecule has 14 heavy (non-hydrogen) atoms. The van der Waals surface area contributed by atoms with E-state index in [-0.39, 0.29) is 0 Å². The molecule has 1 N–H and O–H groups in total. The summed E-state index contributed by atoms with van der Waals surface area (Å²) in [6, 6.07) is 5.18. The average Bonchev–Trinajstić information content (AvgIpc) is 2.59. The molecule has 0 aliphatic rings. The van der Waals surface area contributed by atoms with Gasteiger partial charge in [-0.2, -0.15) is 0 Å². The zero-order chi connectivity index (χ0) is 10.4. The second kappa shape index (κ2) is 6.20. The fraction of sp³-hybridized carbons (Fsp3) is 0.667. The predicted octanol–water partition coefficient (Wildman–Crippen LogP) is 3.38. The lowest BCUT2D eigenvalue weighted by molar-refractivity contribution is 0.482. The molecule has 1 nitrogen and oxygen atoms in total. The Bertz CT molecular complexity index is 255. The minimum atomic E-state index is 0.697. The topological polar surface area (TPSA) is 12.0 Å². The van der Waals surface area contributed by atoms with Crippen molar-refractivity contribution in [3.8, 4) is 0 Å². The summed E-state index contributed by atoms with van der Waals surface area (Å²) in [4.78, 5) is 2.95. The van der Waals surface area contributed by atoms with Crippen LogP contribution in [-0.4, -0.2) is 12.6 Å². The highest BCUT2D eigenvalue weighted by atomic mass is 32.1. The lowest BCUT2D eigenvalue weighted by Gasteiger charge is -2.14. The van der Waals surface area contributed by atoms with Crippen LogP contribution < -0.4 is 5.32 Å². The molecule has 0 radical (unpaired) electrons. The Kier molecular flexibility index (Phi) is 5.20. The SMILES string of the molecule is CCNC(CC)CCc1ccc(C)s1. The van der Waals surface area contributed by atoms with E-state index in [9.17, 15) is 0 Å². The van der Waals surface area contributed by atoms with Gasteiger partial charge in [0.05, 0.1) is 0 Å². The van der Waals surface area contributed by atoms with E-state index < -0.39 is 0 Å². The number of hydrogen-bond acceptors (Lipinski definition) is 2. The van der Waals surface area contributed by atoms with Gasteiger partial charge >= 0.3 is 0 Å². The Balaban J connectivity index is 2.31. The third-order valence-electron chi connectivity index (χ3n) is 2.52. The summed E-state index contributed by atoms with van der Waals surface area (Å²) < 4.78 is 0. The number of rotatable bonds is 6. The van der Waals surface area contributed by atoms with E-state index in [4.69, 9.17) is 0 Å². The molecule has 0 saturated carbocycles. The van der Waals surface area contributed by atoms with Crippen molar-refractivity contribution >= 4 is 11.3 Å². The molecule has 0 aromatic carbocycles. The lowest BCUT2D eigenvalue weighted by atomic mass is 10.1. The molecule has 0 aliphatic carbocycles. The van der Waals surface area contributed by atoms with Crippen LogP contribution in [0.4, 0.5) is 0 Å². The Morgan fingerprint density at radius 2 is 2.14 bits per heavy atom. The first kappa shape index (κ1) is 11.7. The summed E-state index contributed by atoms with van der Waals surface area (Å²) >= 11 is 1.93. The zero-order valence-corrected chi connectivity index (χ0v) is 10.3. The molecule has 2 heteroatoms. The lowest BCUT2D eigenvalue weighted by Crippen LogP contribution is -2.28. The average molecular weight is 211 g/mol. The Hall–Kier alpha value is -0.340. The molecule has 80 valence electrons. The molecular weight excluding hydrogens is 190 g/mol. The van der Waals surface area contributed by atoms with Crippen LogP contribution in [0.2, 0.25) is 0 Å². The van der Waals surface area contributed by atoms with Crippen molar-refractivity contribution in [2.45, 2.75) is 46.1 Å². The van der Waals surface area contributed by atoms with Crippen LogP contribution in [0.25, 0.3) is 0 Å². The normalized spacial score (nSPS) is 13.1. The minimum Gasteiger partial charge on any atom is -0.314 e. The van der Waals surface area contributed by atoms with Crippen molar-refractivity contribution < 1.29 is 0 Å². The molecule has 1 aromatic rings. The number of aryl methyl sites for hydroxylation is 2. The van der Waals surface area contributed by atoms with Gasteiger partial charge in [-0.3, -0.25) is 0 Å².